The van der Waals surface area contributed by atoms with Gasteiger partial charge in [0.15, 0.2) is 17.6 Å². The maximum absolute atomic E-state index is 12.4. The van der Waals surface area contributed by atoms with E-state index in [0.717, 1.165) is 18.5 Å². The number of hydrogen-bond donors (Lipinski definition) is 1. The Morgan fingerprint density at radius 3 is 2.63 bits per heavy atom. The number of esters is 1. The fraction of sp³-hybridized carbons (Fsp3) is 0.318. The second-order valence-electron chi connectivity index (χ2n) is 7.22. The molecule has 0 aliphatic carbocycles. The van der Waals surface area contributed by atoms with Crippen LogP contribution in [-0.4, -0.2) is 42.1 Å². The summed E-state index contributed by atoms with van der Waals surface area (Å²) in [5, 5.41) is 2.69. The molecule has 8 nitrogen and oxygen atoms in total. The van der Waals surface area contributed by atoms with Crippen molar-refractivity contribution in [1.29, 1.82) is 0 Å². The highest BCUT2D eigenvalue weighted by molar-refractivity contribution is 5.97. The summed E-state index contributed by atoms with van der Waals surface area (Å²) >= 11 is 0. The average molecular weight is 410 g/mol. The first-order valence-electron chi connectivity index (χ1n) is 9.78. The van der Waals surface area contributed by atoms with Gasteiger partial charge in [-0.1, -0.05) is 12.1 Å². The van der Waals surface area contributed by atoms with Crippen LogP contribution in [0.15, 0.2) is 42.5 Å². The zero-order valence-electron chi connectivity index (χ0n) is 16.6. The standard InChI is InChI=1S/C22H22N2O6/c1-14(21(26)23-17-8-9-18-19(11-17)29-13-28-18)30-22(27)16-6-4-15(5-7-16)12-24-10-2-3-20(24)25/h4-9,11,14H,2-3,10,12-13H2,1H3,(H,23,26)/t14-/m1/s1. The van der Waals surface area contributed by atoms with Gasteiger partial charge in [0.05, 0.1) is 5.56 Å². The number of fused-ring (bicyclic) bond motifs is 1. The normalized spacial score (nSPS) is 15.8. The molecule has 0 aromatic heterocycles. The number of carbonyl (C=O) groups is 3. The van der Waals surface area contributed by atoms with E-state index in [1.54, 1.807) is 47.4 Å². The van der Waals surface area contributed by atoms with Gasteiger partial charge >= 0.3 is 5.97 Å². The van der Waals surface area contributed by atoms with Crippen molar-refractivity contribution in [2.45, 2.75) is 32.4 Å². The second-order valence-corrected chi connectivity index (χ2v) is 7.22. The van der Waals surface area contributed by atoms with Gasteiger partial charge in [-0.15, -0.1) is 0 Å². The van der Waals surface area contributed by atoms with E-state index in [2.05, 4.69) is 5.32 Å². The summed E-state index contributed by atoms with van der Waals surface area (Å²) in [6.07, 6.45) is 0.497. The van der Waals surface area contributed by atoms with Crippen LogP contribution < -0.4 is 14.8 Å². The summed E-state index contributed by atoms with van der Waals surface area (Å²) in [7, 11) is 0. The van der Waals surface area contributed by atoms with Crippen LogP contribution in [0.3, 0.4) is 0 Å². The van der Waals surface area contributed by atoms with Gasteiger partial charge in [0, 0.05) is 31.3 Å². The number of rotatable bonds is 6. The van der Waals surface area contributed by atoms with E-state index in [4.69, 9.17) is 14.2 Å². The summed E-state index contributed by atoms with van der Waals surface area (Å²) in [6.45, 7) is 2.95. The number of ether oxygens (including phenoxy) is 3. The van der Waals surface area contributed by atoms with Crippen LogP contribution in [0.5, 0.6) is 11.5 Å². The number of nitrogens with zero attached hydrogens (tertiary/aromatic N) is 1. The van der Waals surface area contributed by atoms with Gasteiger partial charge in [0.25, 0.3) is 5.91 Å². The van der Waals surface area contributed by atoms with Gasteiger partial charge in [-0.2, -0.15) is 0 Å². The monoisotopic (exact) mass is 410 g/mol. The van der Waals surface area contributed by atoms with Crippen LogP contribution in [0.1, 0.15) is 35.7 Å². The van der Waals surface area contributed by atoms with Gasteiger partial charge in [-0.05, 0) is 43.2 Å². The molecule has 8 heteroatoms. The van der Waals surface area contributed by atoms with Crippen LogP contribution in [0, 0.1) is 0 Å². The Morgan fingerprint density at radius 2 is 1.90 bits per heavy atom. The molecule has 2 aromatic rings. The summed E-state index contributed by atoms with van der Waals surface area (Å²) in [5.41, 5.74) is 1.80. The van der Waals surface area contributed by atoms with E-state index < -0.39 is 18.0 Å². The molecule has 30 heavy (non-hydrogen) atoms. The molecule has 0 spiro atoms. The lowest BCUT2D eigenvalue weighted by Crippen LogP contribution is -2.30. The number of nitrogens with one attached hydrogen (secondary N) is 1. The highest BCUT2D eigenvalue weighted by Gasteiger charge is 2.22. The van der Waals surface area contributed by atoms with Crippen LogP contribution in [0.25, 0.3) is 0 Å². The molecule has 0 bridgehead atoms. The lowest BCUT2D eigenvalue weighted by molar-refractivity contribution is -0.128. The molecule has 2 aromatic carbocycles. The number of benzene rings is 2. The number of carbonyl (C=O) groups excluding carboxylic acids is 3. The van der Waals surface area contributed by atoms with Crippen molar-refractivity contribution in [3.05, 3.63) is 53.6 Å². The molecule has 0 saturated carbocycles. The summed E-state index contributed by atoms with van der Waals surface area (Å²) in [5.74, 6) is 0.275. The minimum absolute atomic E-state index is 0.147. The molecule has 156 valence electrons. The molecule has 2 amide bonds. The first-order valence-corrected chi connectivity index (χ1v) is 9.78. The van der Waals surface area contributed by atoms with Crippen molar-refractivity contribution in [2.24, 2.45) is 0 Å². The van der Waals surface area contributed by atoms with E-state index in [1.807, 2.05) is 0 Å². The van der Waals surface area contributed by atoms with Gasteiger partial charge in [-0.25, -0.2) is 4.79 Å². The predicted octanol–water partition coefficient (Wildman–Crippen LogP) is 2.72. The Labute approximate surface area is 173 Å². The Bertz CT molecular complexity index is 972. The topological polar surface area (TPSA) is 94.2 Å². The lowest BCUT2D eigenvalue weighted by atomic mass is 10.1. The average Bonchev–Trinajstić information content (AvgIpc) is 3.37. The minimum Gasteiger partial charge on any atom is -0.454 e. The maximum Gasteiger partial charge on any atom is 0.338 e. The third kappa shape index (κ3) is 4.37. The zero-order chi connectivity index (χ0) is 21.1. The number of hydrogen-bond acceptors (Lipinski definition) is 6. The molecular weight excluding hydrogens is 388 g/mol. The molecule has 0 radical (unpaired) electrons. The first kappa shape index (κ1) is 19.8. The SMILES string of the molecule is C[C@@H](OC(=O)c1ccc(CN2CCCC2=O)cc1)C(=O)Nc1ccc2c(c1)OCO2. The van der Waals surface area contributed by atoms with Crippen LogP contribution >= 0.6 is 0 Å². The molecule has 0 unspecified atom stereocenters. The van der Waals surface area contributed by atoms with Crippen molar-refractivity contribution in [2.75, 3.05) is 18.7 Å². The Morgan fingerprint density at radius 1 is 1.13 bits per heavy atom. The largest absolute Gasteiger partial charge is 0.454 e. The molecule has 2 heterocycles. The van der Waals surface area contributed by atoms with Gasteiger partial charge in [-0.3, -0.25) is 9.59 Å². The first-order chi connectivity index (χ1) is 14.5. The summed E-state index contributed by atoms with van der Waals surface area (Å²) in [4.78, 5) is 38.3. The van der Waals surface area contributed by atoms with E-state index in [1.165, 1.54) is 6.92 Å². The molecule has 4 rings (SSSR count). The molecule has 1 N–H and O–H groups in total. The van der Waals surface area contributed by atoms with Gasteiger partial charge in [0.2, 0.25) is 12.7 Å². The van der Waals surface area contributed by atoms with Crippen molar-refractivity contribution in [3.8, 4) is 11.5 Å². The molecule has 1 atom stereocenters. The van der Waals surface area contributed by atoms with E-state index in [9.17, 15) is 14.4 Å². The second kappa shape index (κ2) is 8.44. The third-order valence-corrected chi connectivity index (χ3v) is 5.03. The van der Waals surface area contributed by atoms with Crippen LogP contribution in [-0.2, 0) is 20.9 Å². The molecule has 1 fully saturated rings. The van der Waals surface area contributed by atoms with Gasteiger partial charge in [0.1, 0.15) is 0 Å². The third-order valence-electron chi connectivity index (χ3n) is 5.03. The van der Waals surface area contributed by atoms with Gasteiger partial charge < -0.3 is 24.4 Å². The van der Waals surface area contributed by atoms with Crippen LogP contribution in [0.4, 0.5) is 5.69 Å². The number of amides is 2. The molecule has 2 aliphatic heterocycles. The fourth-order valence-corrected chi connectivity index (χ4v) is 3.34. The van der Waals surface area contributed by atoms with Crippen LogP contribution in [0.2, 0.25) is 0 Å². The summed E-state index contributed by atoms with van der Waals surface area (Å²) < 4.78 is 15.8. The zero-order valence-corrected chi connectivity index (χ0v) is 16.6. The number of likely N-dealkylation sites (tertiary alicyclic amines) is 1. The Balaban J connectivity index is 1.31. The molecule has 2 aliphatic rings. The van der Waals surface area contributed by atoms with Crippen molar-refractivity contribution in [1.82, 2.24) is 4.90 Å². The quantitative estimate of drug-likeness (QED) is 0.736. The number of anilines is 1. The fourth-order valence-electron chi connectivity index (χ4n) is 3.34. The van der Waals surface area contributed by atoms with Crippen molar-refractivity contribution >= 4 is 23.5 Å². The Kier molecular flexibility index (Phi) is 5.56. The Hall–Kier alpha value is -3.55. The smallest absolute Gasteiger partial charge is 0.338 e. The van der Waals surface area contributed by atoms with E-state index in [0.29, 0.717) is 35.7 Å². The summed E-state index contributed by atoms with van der Waals surface area (Å²) in [6, 6.07) is 11.9. The predicted molar refractivity (Wildman–Crippen MR) is 107 cm³/mol. The van der Waals surface area contributed by atoms with Crippen molar-refractivity contribution < 1.29 is 28.6 Å². The minimum atomic E-state index is -0.982. The highest BCUT2D eigenvalue weighted by atomic mass is 16.7. The molecular formula is C22H22N2O6. The maximum atomic E-state index is 12.4. The van der Waals surface area contributed by atoms with E-state index >= 15 is 0 Å². The lowest BCUT2D eigenvalue weighted by Gasteiger charge is -2.16. The van der Waals surface area contributed by atoms with Crippen molar-refractivity contribution in [3.63, 3.8) is 0 Å². The highest BCUT2D eigenvalue weighted by Crippen LogP contribution is 2.34. The van der Waals surface area contributed by atoms with E-state index in [-0.39, 0.29) is 12.7 Å². The molecule has 1 saturated heterocycles.